The number of hydrogen-bond donors (Lipinski definition) is 2. The Kier molecular flexibility index (Phi) is 6.14. The lowest BCUT2D eigenvalue weighted by Crippen LogP contribution is -2.44. The monoisotopic (exact) mass is 502 g/mol. The molecule has 10 heteroatoms. The van der Waals surface area contributed by atoms with E-state index >= 15 is 0 Å². The molecule has 0 unspecified atom stereocenters. The number of nitrogens with one attached hydrogen (secondary N) is 2. The molecule has 0 saturated heterocycles. The molecule has 3 heterocycles. The summed E-state index contributed by atoms with van der Waals surface area (Å²) in [5.41, 5.74) is 5.70. The van der Waals surface area contributed by atoms with Gasteiger partial charge in [0.15, 0.2) is 11.6 Å². The van der Waals surface area contributed by atoms with Crippen molar-refractivity contribution in [1.82, 2.24) is 19.9 Å². The molecule has 1 aliphatic heterocycles. The summed E-state index contributed by atoms with van der Waals surface area (Å²) in [6, 6.07) is 11.7. The van der Waals surface area contributed by atoms with Crippen LogP contribution in [-0.2, 0) is 28.1 Å². The molecule has 36 heavy (non-hydrogen) atoms. The molecule has 3 aromatic rings. The predicted octanol–water partition coefficient (Wildman–Crippen LogP) is 4.63. The number of nitrogens with zero attached hydrogens (tertiary/aromatic N) is 6. The molecule has 0 saturated carbocycles. The van der Waals surface area contributed by atoms with Crippen LogP contribution in [0.3, 0.4) is 0 Å². The molecule has 186 valence electrons. The molecule has 9 nitrogen and oxygen atoms in total. The van der Waals surface area contributed by atoms with Crippen molar-refractivity contribution in [3.05, 3.63) is 58.8 Å². The first-order valence-corrected chi connectivity index (χ1v) is 14.3. The van der Waals surface area contributed by atoms with Gasteiger partial charge < -0.3 is 15.5 Å². The van der Waals surface area contributed by atoms with Crippen molar-refractivity contribution in [3.8, 4) is 6.07 Å². The van der Waals surface area contributed by atoms with E-state index in [2.05, 4.69) is 67.0 Å². The number of nitriles is 1. The van der Waals surface area contributed by atoms with Crippen molar-refractivity contribution in [2.24, 2.45) is 4.36 Å². The van der Waals surface area contributed by atoms with E-state index in [0.717, 1.165) is 25.2 Å². The summed E-state index contributed by atoms with van der Waals surface area (Å²) < 4.78 is 16.2. The minimum absolute atomic E-state index is 0.201. The Bertz CT molecular complexity index is 1500. The molecular weight excluding hydrogens is 472 g/mol. The Balaban J connectivity index is 1.45. The molecular formula is C26H30N8OS. The number of rotatable bonds is 5. The van der Waals surface area contributed by atoms with Crippen LogP contribution in [-0.4, -0.2) is 50.2 Å². The molecule has 5 rings (SSSR count). The summed E-state index contributed by atoms with van der Waals surface area (Å²) in [5, 5.41) is 16.0. The van der Waals surface area contributed by atoms with E-state index in [4.69, 9.17) is 0 Å². The quantitative estimate of drug-likeness (QED) is 0.518. The second-order valence-corrected chi connectivity index (χ2v) is 12.8. The Morgan fingerprint density at radius 1 is 1.19 bits per heavy atom. The number of likely N-dealkylation sites (N-methyl/N-ethyl adjacent to an activating group) is 1. The summed E-state index contributed by atoms with van der Waals surface area (Å²) in [7, 11) is -0.166. The van der Waals surface area contributed by atoms with Crippen molar-refractivity contribution < 1.29 is 4.21 Å². The van der Waals surface area contributed by atoms with Crippen LogP contribution in [0, 0.1) is 11.3 Å². The molecule has 2 aliphatic rings. The Labute approximate surface area is 212 Å². The highest BCUT2D eigenvalue weighted by molar-refractivity contribution is 7.92. The number of aryl methyl sites for hydroxylation is 1. The van der Waals surface area contributed by atoms with E-state index in [1.54, 1.807) is 30.7 Å². The number of pyridine rings is 1. The average molecular weight is 503 g/mol. The van der Waals surface area contributed by atoms with Gasteiger partial charge >= 0.3 is 0 Å². The van der Waals surface area contributed by atoms with Crippen LogP contribution in [0.15, 0.2) is 40.9 Å². The highest BCUT2D eigenvalue weighted by Crippen LogP contribution is 2.44. The minimum atomic E-state index is -2.35. The summed E-state index contributed by atoms with van der Waals surface area (Å²) in [6.07, 6.45) is 8.08. The molecule has 0 bridgehead atoms. The molecule has 1 aliphatic carbocycles. The third kappa shape index (κ3) is 5.03. The van der Waals surface area contributed by atoms with Crippen LogP contribution in [0.25, 0.3) is 0 Å². The van der Waals surface area contributed by atoms with Crippen molar-refractivity contribution in [3.63, 3.8) is 0 Å². The molecule has 1 aromatic carbocycles. The van der Waals surface area contributed by atoms with Gasteiger partial charge in [-0.3, -0.25) is 0 Å². The van der Waals surface area contributed by atoms with E-state index < -0.39 is 9.73 Å². The second-order valence-electron chi connectivity index (χ2n) is 10.2. The fraction of sp³-hybridized carbons (Fsp3) is 0.385. The van der Waals surface area contributed by atoms with Crippen LogP contribution >= 0.6 is 0 Å². The zero-order valence-corrected chi connectivity index (χ0v) is 21.8. The van der Waals surface area contributed by atoms with Gasteiger partial charge in [0.2, 0.25) is 5.95 Å². The van der Waals surface area contributed by atoms with E-state index in [-0.39, 0.29) is 11.0 Å². The van der Waals surface area contributed by atoms with Crippen molar-refractivity contribution in [2.45, 2.75) is 38.1 Å². The predicted molar refractivity (Wildman–Crippen MR) is 143 cm³/mol. The summed E-state index contributed by atoms with van der Waals surface area (Å²) >= 11 is 0. The van der Waals surface area contributed by atoms with Crippen molar-refractivity contribution in [1.29, 1.82) is 5.26 Å². The standard InChI is InChI=1S/C26H30N8OS/c1-26-10-6-7-17-11-20(12-18(23(17)26)15-34(2)16-26)29-25-28-14-19(13-27)24(32-25)31-21-8-5-9-22(30-21)33-36(3,4)35/h5,8-9,11-12,14H,6-7,10,15-16H2,1-4H3,(H2,28,29,30,31,32)/t26-/m1/s1. The molecule has 1 atom stereocenters. The van der Waals surface area contributed by atoms with Crippen LogP contribution in [0.2, 0.25) is 0 Å². The van der Waals surface area contributed by atoms with Crippen LogP contribution in [0.5, 0.6) is 0 Å². The van der Waals surface area contributed by atoms with E-state index in [1.807, 2.05) is 0 Å². The largest absolute Gasteiger partial charge is 0.324 e. The van der Waals surface area contributed by atoms with Gasteiger partial charge in [0.1, 0.15) is 17.5 Å². The Hall–Kier alpha value is -3.55. The van der Waals surface area contributed by atoms with Crippen LogP contribution < -0.4 is 10.6 Å². The van der Waals surface area contributed by atoms with Crippen LogP contribution in [0.1, 0.15) is 42.0 Å². The zero-order chi connectivity index (χ0) is 25.5. The van der Waals surface area contributed by atoms with Gasteiger partial charge in [-0.1, -0.05) is 13.0 Å². The lowest BCUT2D eigenvalue weighted by molar-refractivity contribution is 0.203. The molecule has 0 radical (unpaired) electrons. The SMILES string of the molecule is CN1Cc2cc(Nc3ncc(C#N)c(Nc4cccc(N=S(C)(C)=O)n4)n3)cc3c2[C@](C)(CCC3)C1. The third-order valence-electron chi connectivity index (χ3n) is 6.60. The van der Waals surface area contributed by atoms with Gasteiger partial charge in [0.05, 0.1) is 6.20 Å². The molecule has 0 fully saturated rings. The average Bonchev–Trinajstić information content (AvgIpc) is 2.77. The minimum Gasteiger partial charge on any atom is -0.324 e. The first-order valence-electron chi connectivity index (χ1n) is 11.9. The van der Waals surface area contributed by atoms with Gasteiger partial charge in [-0.15, -0.1) is 0 Å². The lowest BCUT2D eigenvalue weighted by atomic mass is 9.67. The van der Waals surface area contributed by atoms with Gasteiger partial charge in [-0.25, -0.2) is 14.2 Å². The van der Waals surface area contributed by atoms with E-state index in [1.165, 1.54) is 35.7 Å². The molecule has 0 spiro atoms. The first kappa shape index (κ1) is 24.2. The zero-order valence-electron chi connectivity index (χ0n) is 21.0. The first-order chi connectivity index (χ1) is 17.1. The van der Waals surface area contributed by atoms with Gasteiger partial charge in [-0.05, 0) is 67.3 Å². The molecule has 0 amide bonds. The third-order valence-corrected chi connectivity index (χ3v) is 7.23. The van der Waals surface area contributed by atoms with E-state index in [0.29, 0.717) is 23.4 Å². The molecule has 2 aromatic heterocycles. The number of anilines is 4. The van der Waals surface area contributed by atoms with Crippen molar-refractivity contribution >= 4 is 38.8 Å². The van der Waals surface area contributed by atoms with Gasteiger partial charge in [-0.2, -0.15) is 14.6 Å². The maximum absolute atomic E-state index is 12.0. The fourth-order valence-electron chi connectivity index (χ4n) is 5.47. The smallest absolute Gasteiger partial charge is 0.229 e. The molecule has 2 N–H and O–H groups in total. The second kappa shape index (κ2) is 9.15. The number of aromatic nitrogens is 3. The summed E-state index contributed by atoms with van der Waals surface area (Å²) in [6.45, 7) is 4.39. The maximum Gasteiger partial charge on any atom is 0.229 e. The fourth-order valence-corrected chi connectivity index (χ4v) is 6.02. The highest BCUT2D eigenvalue weighted by atomic mass is 32.2. The summed E-state index contributed by atoms with van der Waals surface area (Å²) in [5.74, 6) is 1.51. The number of benzene rings is 1. The van der Waals surface area contributed by atoms with Crippen molar-refractivity contribution in [2.75, 3.05) is 36.7 Å². The van der Waals surface area contributed by atoms with Gasteiger partial charge in [0.25, 0.3) is 0 Å². The number of hydrogen-bond acceptors (Lipinski definition) is 9. The summed E-state index contributed by atoms with van der Waals surface area (Å²) in [4.78, 5) is 15.7. The lowest BCUT2D eigenvalue weighted by Gasteiger charge is -2.45. The Morgan fingerprint density at radius 3 is 2.78 bits per heavy atom. The highest BCUT2D eigenvalue weighted by Gasteiger charge is 2.38. The van der Waals surface area contributed by atoms with Gasteiger partial charge in [0, 0.05) is 46.4 Å². The van der Waals surface area contributed by atoms with E-state index in [9.17, 15) is 9.47 Å². The maximum atomic E-state index is 12.0. The Morgan fingerprint density at radius 2 is 2.00 bits per heavy atom. The normalized spacial score (nSPS) is 19.2. The van der Waals surface area contributed by atoms with Crippen LogP contribution in [0.4, 0.5) is 29.1 Å². The topological polar surface area (TPSA) is 119 Å².